The van der Waals surface area contributed by atoms with Crippen LogP contribution in [0.4, 0.5) is 0 Å². The van der Waals surface area contributed by atoms with Crippen LogP contribution in [0.1, 0.15) is 348 Å². The van der Waals surface area contributed by atoms with E-state index in [9.17, 15) is 14.4 Å². The zero-order valence-corrected chi connectivity index (χ0v) is 54.2. The summed E-state index contributed by atoms with van der Waals surface area (Å²) in [5.74, 6) is -0.861. The molecule has 0 aliphatic rings. The second-order valence-electron chi connectivity index (χ2n) is 23.4. The summed E-state index contributed by atoms with van der Waals surface area (Å²) in [7, 11) is 0. The van der Waals surface area contributed by atoms with Crippen molar-refractivity contribution in [3.63, 3.8) is 0 Å². The summed E-state index contributed by atoms with van der Waals surface area (Å²) in [6.45, 7) is 6.43. The highest BCUT2D eigenvalue weighted by Crippen LogP contribution is 2.18. The molecule has 0 aliphatic heterocycles. The van der Waals surface area contributed by atoms with E-state index in [-0.39, 0.29) is 31.1 Å². The molecular weight excluding hydrogens is 1010 g/mol. The van der Waals surface area contributed by atoms with Crippen molar-refractivity contribution in [3.05, 3.63) is 97.2 Å². The minimum Gasteiger partial charge on any atom is -0.462 e. The van der Waals surface area contributed by atoms with Gasteiger partial charge < -0.3 is 14.2 Å². The van der Waals surface area contributed by atoms with Gasteiger partial charge in [-0.2, -0.15) is 0 Å². The molecule has 0 saturated carbocycles. The Bertz CT molecular complexity index is 1590. The lowest BCUT2D eigenvalue weighted by molar-refractivity contribution is -0.167. The molecule has 0 aromatic rings. The van der Waals surface area contributed by atoms with Gasteiger partial charge >= 0.3 is 17.9 Å². The van der Waals surface area contributed by atoms with Crippen LogP contribution in [0.2, 0.25) is 0 Å². The molecule has 0 radical (unpaired) electrons. The molecule has 1 unspecified atom stereocenters. The van der Waals surface area contributed by atoms with Crippen molar-refractivity contribution in [1.29, 1.82) is 0 Å². The standard InChI is InChI=1S/C76H132O6/c1-4-7-10-13-16-19-21-23-25-27-29-31-33-35-37-38-40-41-43-45-47-49-51-53-55-57-60-63-66-69-75(78)81-72-73(71-80-74(77)68-65-62-59-18-15-12-9-6-3)82-76(79)70-67-64-61-58-56-54-52-50-48-46-44-42-39-36-34-32-30-28-26-24-22-20-17-14-11-8-5-2/h7-8,10-11,16-17,19-20,23-26,29-32,73H,4-6,9,12-15,18,21-22,27-28,33-72H2,1-3H3/b10-7-,11-8-,19-16-,20-17-,25-23-,26-24-,31-29-,32-30-. The average Bonchev–Trinajstić information content (AvgIpc) is 3.47. The molecule has 0 aliphatic carbocycles. The zero-order valence-electron chi connectivity index (χ0n) is 54.2. The SMILES string of the molecule is CC/C=C\C/C=C\C/C=C\C/C=C\CCCCCCCCCCCCCCCCCCC(=O)OCC(COC(=O)CCCCCCCCCC)OC(=O)CCCCCCCCCCCCCCCC/C=C\C/C=C\C/C=C\C/C=C\CC. The van der Waals surface area contributed by atoms with E-state index in [1.54, 1.807) is 0 Å². The highest BCUT2D eigenvalue weighted by atomic mass is 16.6. The van der Waals surface area contributed by atoms with E-state index in [2.05, 4.69) is 118 Å². The highest BCUT2D eigenvalue weighted by molar-refractivity contribution is 5.71. The van der Waals surface area contributed by atoms with Crippen LogP contribution >= 0.6 is 0 Å². The highest BCUT2D eigenvalue weighted by Gasteiger charge is 2.19. The van der Waals surface area contributed by atoms with Crippen LogP contribution in [-0.4, -0.2) is 37.2 Å². The van der Waals surface area contributed by atoms with Gasteiger partial charge in [0, 0.05) is 19.3 Å². The molecular formula is C76H132O6. The van der Waals surface area contributed by atoms with E-state index in [4.69, 9.17) is 14.2 Å². The Labute approximate surface area is 508 Å². The third kappa shape index (κ3) is 67.1. The maximum atomic E-state index is 12.9. The number of ether oxygens (including phenoxy) is 3. The van der Waals surface area contributed by atoms with Gasteiger partial charge in [0.2, 0.25) is 0 Å². The number of carbonyl (C=O) groups is 3. The molecule has 82 heavy (non-hydrogen) atoms. The Kier molecular flexibility index (Phi) is 66.7. The summed E-state index contributed by atoms with van der Waals surface area (Å²) in [6.07, 6.45) is 94.6. The molecule has 1 atom stereocenters. The Morgan fingerprint density at radius 2 is 0.476 bits per heavy atom. The van der Waals surface area contributed by atoms with Crippen molar-refractivity contribution < 1.29 is 28.6 Å². The Balaban J connectivity index is 4.09. The fourth-order valence-corrected chi connectivity index (χ4v) is 10.1. The van der Waals surface area contributed by atoms with Gasteiger partial charge in [-0.1, -0.05) is 330 Å². The van der Waals surface area contributed by atoms with Gasteiger partial charge in [0.1, 0.15) is 13.2 Å². The first-order valence-electron chi connectivity index (χ1n) is 35.2. The third-order valence-electron chi connectivity index (χ3n) is 15.3. The number of allylic oxidation sites excluding steroid dienone is 16. The van der Waals surface area contributed by atoms with Gasteiger partial charge in [-0.15, -0.1) is 0 Å². The van der Waals surface area contributed by atoms with Gasteiger partial charge in [0.15, 0.2) is 6.10 Å². The fraction of sp³-hybridized carbons (Fsp3) is 0.750. The van der Waals surface area contributed by atoms with E-state index in [0.717, 1.165) is 109 Å². The lowest BCUT2D eigenvalue weighted by atomic mass is 10.0. The molecule has 6 nitrogen and oxygen atoms in total. The van der Waals surface area contributed by atoms with E-state index < -0.39 is 6.10 Å². The molecule has 472 valence electrons. The van der Waals surface area contributed by atoms with Crippen LogP contribution in [0.25, 0.3) is 0 Å². The molecule has 0 heterocycles. The Hall–Kier alpha value is -3.67. The maximum Gasteiger partial charge on any atom is 0.306 e. The molecule has 0 aromatic heterocycles. The number of esters is 3. The minimum atomic E-state index is -0.775. The van der Waals surface area contributed by atoms with Crippen LogP contribution in [0.5, 0.6) is 0 Å². The van der Waals surface area contributed by atoms with Gasteiger partial charge in [-0.05, 0) is 96.3 Å². The predicted octanol–water partition coefficient (Wildman–Crippen LogP) is 24.4. The predicted molar refractivity (Wildman–Crippen MR) is 357 cm³/mol. The van der Waals surface area contributed by atoms with Gasteiger partial charge in [0.25, 0.3) is 0 Å². The van der Waals surface area contributed by atoms with E-state index >= 15 is 0 Å². The molecule has 0 saturated heterocycles. The number of unbranched alkanes of at least 4 members (excludes halogenated alkanes) is 37. The topological polar surface area (TPSA) is 78.9 Å². The van der Waals surface area contributed by atoms with Crippen LogP contribution in [-0.2, 0) is 28.6 Å². The molecule has 0 amide bonds. The van der Waals surface area contributed by atoms with Crippen molar-refractivity contribution in [2.75, 3.05) is 13.2 Å². The van der Waals surface area contributed by atoms with Crippen molar-refractivity contribution >= 4 is 17.9 Å². The second-order valence-corrected chi connectivity index (χ2v) is 23.4. The largest absolute Gasteiger partial charge is 0.462 e. The summed E-state index contributed by atoms with van der Waals surface area (Å²) >= 11 is 0. The van der Waals surface area contributed by atoms with E-state index in [0.29, 0.717) is 19.3 Å². The first-order valence-corrected chi connectivity index (χ1v) is 35.2. The maximum absolute atomic E-state index is 12.9. The number of carbonyl (C=O) groups excluding carboxylic acids is 3. The number of hydrogen-bond donors (Lipinski definition) is 0. The van der Waals surface area contributed by atoms with Crippen LogP contribution < -0.4 is 0 Å². The summed E-state index contributed by atoms with van der Waals surface area (Å²) in [6, 6.07) is 0. The fourth-order valence-electron chi connectivity index (χ4n) is 10.1. The zero-order chi connectivity index (χ0) is 59.2. The first kappa shape index (κ1) is 78.3. The summed E-state index contributed by atoms with van der Waals surface area (Å²) in [4.78, 5) is 38.3. The average molecular weight is 1140 g/mol. The summed E-state index contributed by atoms with van der Waals surface area (Å²) in [5.41, 5.74) is 0. The molecule has 0 fully saturated rings. The monoisotopic (exact) mass is 1140 g/mol. The van der Waals surface area contributed by atoms with Crippen molar-refractivity contribution in [3.8, 4) is 0 Å². The van der Waals surface area contributed by atoms with Crippen molar-refractivity contribution in [2.45, 2.75) is 354 Å². The normalized spacial score (nSPS) is 12.7. The van der Waals surface area contributed by atoms with Crippen LogP contribution in [0.3, 0.4) is 0 Å². The van der Waals surface area contributed by atoms with Gasteiger partial charge in [0.05, 0.1) is 0 Å². The number of hydrogen-bond acceptors (Lipinski definition) is 6. The minimum absolute atomic E-state index is 0.0727. The van der Waals surface area contributed by atoms with Crippen LogP contribution in [0, 0.1) is 0 Å². The van der Waals surface area contributed by atoms with Gasteiger partial charge in [-0.25, -0.2) is 0 Å². The lowest BCUT2D eigenvalue weighted by Crippen LogP contribution is -2.30. The first-order chi connectivity index (χ1) is 40.5. The van der Waals surface area contributed by atoms with Crippen molar-refractivity contribution in [2.24, 2.45) is 0 Å². The van der Waals surface area contributed by atoms with E-state index in [1.165, 1.54) is 199 Å². The summed E-state index contributed by atoms with van der Waals surface area (Å²) in [5, 5.41) is 0. The smallest absolute Gasteiger partial charge is 0.306 e. The number of rotatable bonds is 64. The van der Waals surface area contributed by atoms with Crippen molar-refractivity contribution in [1.82, 2.24) is 0 Å². The molecule has 6 heteroatoms. The molecule has 0 spiro atoms. The van der Waals surface area contributed by atoms with Crippen LogP contribution in [0.15, 0.2) is 97.2 Å². The second kappa shape index (κ2) is 69.8. The summed E-state index contributed by atoms with van der Waals surface area (Å²) < 4.78 is 16.9. The third-order valence-corrected chi connectivity index (χ3v) is 15.3. The molecule has 0 rings (SSSR count). The van der Waals surface area contributed by atoms with Gasteiger partial charge in [-0.3, -0.25) is 14.4 Å². The molecule has 0 bridgehead atoms. The lowest BCUT2D eigenvalue weighted by Gasteiger charge is -2.18. The quantitative estimate of drug-likeness (QED) is 0.0261. The molecule has 0 N–H and O–H groups in total. The molecule has 0 aromatic carbocycles. The Morgan fingerprint density at radius 3 is 0.744 bits per heavy atom. The Morgan fingerprint density at radius 1 is 0.256 bits per heavy atom. The van der Waals surface area contributed by atoms with E-state index in [1.807, 2.05) is 0 Å².